The van der Waals surface area contributed by atoms with Gasteiger partial charge in [-0.2, -0.15) is 0 Å². The summed E-state index contributed by atoms with van der Waals surface area (Å²) in [5.41, 5.74) is 2.63. The number of rotatable bonds is 3. The number of hydrogen-bond donors (Lipinski definition) is 1. The van der Waals surface area contributed by atoms with Crippen LogP contribution in [0.15, 0.2) is 42.9 Å². The fourth-order valence-corrected chi connectivity index (χ4v) is 1.93. The maximum atomic E-state index is 10.9. The molecule has 0 spiro atoms. The van der Waals surface area contributed by atoms with E-state index in [9.17, 15) is 9.59 Å². The van der Waals surface area contributed by atoms with Crippen molar-refractivity contribution in [2.24, 2.45) is 0 Å². The monoisotopic (exact) mass is 267 g/mol. The molecule has 3 rings (SSSR count). The Morgan fingerprint density at radius 3 is 2.55 bits per heavy atom. The molecule has 3 aromatic rings. The highest BCUT2D eigenvalue weighted by molar-refractivity contribution is 5.88. The predicted molar refractivity (Wildman–Crippen MR) is 70.8 cm³/mol. The first kappa shape index (κ1) is 12.0. The predicted octanol–water partition coefficient (Wildman–Crippen LogP) is 1.91. The van der Waals surface area contributed by atoms with Crippen molar-refractivity contribution in [1.82, 2.24) is 14.4 Å². The highest BCUT2D eigenvalue weighted by atomic mass is 16.4. The van der Waals surface area contributed by atoms with Crippen LogP contribution in [0.2, 0.25) is 0 Å². The van der Waals surface area contributed by atoms with Gasteiger partial charge in [-0.05, 0) is 12.1 Å². The van der Waals surface area contributed by atoms with Gasteiger partial charge < -0.3 is 5.11 Å². The summed E-state index contributed by atoms with van der Waals surface area (Å²) in [7, 11) is 0. The molecule has 0 unspecified atom stereocenters. The summed E-state index contributed by atoms with van der Waals surface area (Å²) in [5.74, 6) is -0.974. The van der Waals surface area contributed by atoms with Gasteiger partial charge in [0.1, 0.15) is 5.69 Å². The summed E-state index contributed by atoms with van der Waals surface area (Å²) in [4.78, 5) is 30.0. The van der Waals surface area contributed by atoms with Crippen LogP contribution in [0, 0.1) is 0 Å². The Balaban J connectivity index is 2.09. The first-order chi connectivity index (χ1) is 9.69. The molecular formula is C14H9N3O3. The molecule has 0 saturated heterocycles. The van der Waals surface area contributed by atoms with Crippen LogP contribution in [0.1, 0.15) is 20.8 Å². The zero-order valence-corrected chi connectivity index (χ0v) is 10.2. The van der Waals surface area contributed by atoms with E-state index in [0.717, 1.165) is 11.8 Å². The zero-order chi connectivity index (χ0) is 14.1. The van der Waals surface area contributed by atoms with E-state index in [0.29, 0.717) is 17.0 Å². The average Bonchev–Trinajstić information content (AvgIpc) is 2.89. The molecule has 0 amide bonds. The summed E-state index contributed by atoms with van der Waals surface area (Å²) in [5, 5.41) is 8.86. The fraction of sp³-hybridized carbons (Fsp3) is 0. The third kappa shape index (κ3) is 1.93. The van der Waals surface area contributed by atoms with E-state index >= 15 is 0 Å². The average molecular weight is 267 g/mol. The SMILES string of the molecule is O=Cc1cnc2cnc(-c3ccc(C(=O)O)cc3)cn12. The van der Waals surface area contributed by atoms with Crippen molar-refractivity contribution in [1.29, 1.82) is 0 Å². The molecule has 0 radical (unpaired) electrons. The third-order valence-corrected chi connectivity index (χ3v) is 2.97. The minimum atomic E-state index is -0.974. The number of carboxylic acid groups (broad SMARTS) is 1. The Morgan fingerprint density at radius 1 is 1.15 bits per heavy atom. The number of carboxylic acids is 1. The molecule has 98 valence electrons. The third-order valence-electron chi connectivity index (χ3n) is 2.97. The molecular weight excluding hydrogens is 258 g/mol. The lowest BCUT2D eigenvalue weighted by Crippen LogP contribution is -1.97. The van der Waals surface area contributed by atoms with E-state index in [1.165, 1.54) is 18.3 Å². The fourth-order valence-electron chi connectivity index (χ4n) is 1.93. The molecule has 0 aliphatic carbocycles. The van der Waals surface area contributed by atoms with Gasteiger partial charge in [-0.1, -0.05) is 12.1 Å². The van der Waals surface area contributed by atoms with E-state index in [1.54, 1.807) is 28.9 Å². The van der Waals surface area contributed by atoms with Crippen LogP contribution in [0.4, 0.5) is 0 Å². The normalized spacial score (nSPS) is 10.6. The van der Waals surface area contributed by atoms with Gasteiger partial charge in [0.05, 0.1) is 23.7 Å². The second kappa shape index (κ2) is 4.58. The first-order valence-electron chi connectivity index (χ1n) is 5.81. The van der Waals surface area contributed by atoms with Crippen LogP contribution in [0.3, 0.4) is 0 Å². The number of fused-ring (bicyclic) bond motifs is 1. The van der Waals surface area contributed by atoms with Crippen LogP contribution >= 0.6 is 0 Å². The number of carbonyl (C=O) groups is 2. The minimum Gasteiger partial charge on any atom is -0.478 e. The van der Waals surface area contributed by atoms with Crippen molar-refractivity contribution in [3.8, 4) is 11.3 Å². The van der Waals surface area contributed by atoms with Crippen LogP contribution in [0.5, 0.6) is 0 Å². The molecule has 6 heteroatoms. The van der Waals surface area contributed by atoms with Crippen molar-refractivity contribution in [3.05, 3.63) is 54.1 Å². The highest BCUT2D eigenvalue weighted by Gasteiger charge is 2.07. The Morgan fingerprint density at radius 2 is 1.90 bits per heavy atom. The number of hydrogen-bond acceptors (Lipinski definition) is 4. The van der Waals surface area contributed by atoms with E-state index in [4.69, 9.17) is 5.11 Å². The Kier molecular flexibility index (Phi) is 2.76. The van der Waals surface area contributed by atoms with E-state index in [1.807, 2.05) is 0 Å². The van der Waals surface area contributed by atoms with Crippen molar-refractivity contribution >= 4 is 17.9 Å². The lowest BCUT2D eigenvalue weighted by molar-refractivity contribution is 0.0696. The number of benzene rings is 1. The summed E-state index contributed by atoms with van der Waals surface area (Å²) in [6, 6.07) is 6.38. The number of aromatic nitrogens is 3. The zero-order valence-electron chi connectivity index (χ0n) is 10.2. The van der Waals surface area contributed by atoms with Gasteiger partial charge >= 0.3 is 5.97 Å². The molecule has 0 atom stereocenters. The second-order valence-electron chi connectivity index (χ2n) is 4.18. The molecule has 2 aromatic heterocycles. The van der Waals surface area contributed by atoms with Gasteiger partial charge in [0.2, 0.25) is 0 Å². The van der Waals surface area contributed by atoms with Gasteiger partial charge in [0.25, 0.3) is 0 Å². The second-order valence-corrected chi connectivity index (χ2v) is 4.18. The van der Waals surface area contributed by atoms with Crippen LogP contribution in [-0.2, 0) is 0 Å². The molecule has 6 nitrogen and oxygen atoms in total. The molecule has 0 saturated carbocycles. The number of imidazole rings is 1. The van der Waals surface area contributed by atoms with Crippen LogP contribution in [-0.4, -0.2) is 31.7 Å². The molecule has 1 N–H and O–H groups in total. The summed E-state index contributed by atoms with van der Waals surface area (Å²) < 4.78 is 1.64. The number of nitrogens with zero attached hydrogens (tertiary/aromatic N) is 3. The first-order valence-corrected chi connectivity index (χ1v) is 5.81. The number of carbonyl (C=O) groups excluding carboxylic acids is 1. The molecule has 20 heavy (non-hydrogen) atoms. The molecule has 1 aromatic carbocycles. The van der Waals surface area contributed by atoms with Gasteiger partial charge in [-0.3, -0.25) is 14.2 Å². The standard InChI is InChI=1S/C14H9N3O3/c18-8-11-5-16-13-6-15-12(7-17(11)13)9-1-3-10(4-2-9)14(19)20/h1-8H,(H,19,20). The number of aromatic carboxylic acids is 1. The quantitative estimate of drug-likeness (QED) is 0.733. The Bertz CT molecular complexity index is 806. The van der Waals surface area contributed by atoms with Gasteiger partial charge in [0.15, 0.2) is 11.9 Å². The minimum absolute atomic E-state index is 0.214. The van der Waals surface area contributed by atoms with Gasteiger partial charge in [-0.15, -0.1) is 0 Å². The largest absolute Gasteiger partial charge is 0.478 e. The lowest BCUT2D eigenvalue weighted by Gasteiger charge is -2.03. The topological polar surface area (TPSA) is 84.6 Å². The summed E-state index contributed by atoms with van der Waals surface area (Å²) in [6.45, 7) is 0. The number of aldehydes is 1. The Labute approximate surface area is 113 Å². The van der Waals surface area contributed by atoms with E-state index < -0.39 is 5.97 Å². The molecule has 0 aliphatic heterocycles. The van der Waals surface area contributed by atoms with Crippen molar-refractivity contribution in [2.45, 2.75) is 0 Å². The van der Waals surface area contributed by atoms with Crippen LogP contribution in [0.25, 0.3) is 16.9 Å². The maximum absolute atomic E-state index is 10.9. The molecule has 2 heterocycles. The summed E-state index contributed by atoms with van der Waals surface area (Å²) >= 11 is 0. The van der Waals surface area contributed by atoms with Crippen LogP contribution < -0.4 is 0 Å². The smallest absolute Gasteiger partial charge is 0.335 e. The van der Waals surface area contributed by atoms with Gasteiger partial charge in [-0.25, -0.2) is 9.78 Å². The molecule has 0 bridgehead atoms. The summed E-state index contributed by atoms with van der Waals surface area (Å²) in [6.07, 6.45) is 5.45. The van der Waals surface area contributed by atoms with E-state index in [-0.39, 0.29) is 5.56 Å². The van der Waals surface area contributed by atoms with Crippen molar-refractivity contribution in [2.75, 3.05) is 0 Å². The van der Waals surface area contributed by atoms with Crippen molar-refractivity contribution in [3.63, 3.8) is 0 Å². The highest BCUT2D eigenvalue weighted by Crippen LogP contribution is 2.18. The lowest BCUT2D eigenvalue weighted by atomic mass is 10.1. The van der Waals surface area contributed by atoms with Crippen molar-refractivity contribution < 1.29 is 14.7 Å². The maximum Gasteiger partial charge on any atom is 0.335 e. The molecule has 0 fully saturated rings. The molecule has 0 aliphatic rings. The van der Waals surface area contributed by atoms with Gasteiger partial charge in [0, 0.05) is 11.8 Å². The Hall–Kier alpha value is -3.02. The van der Waals surface area contributed by atoms with E-state index in [2.05, 4.69) is 9.97 Å².